The number of hydrogen-bond acceptors (Lipinski definition) is 8. The molecule has 35 heavy (non-hydrogen) atoms. The molecule has 2 N–H and O–H groups in total. The predicted octanol–water partition coefficient (Wildman–Crippen LogP) is 2.78. The normalized spacial score (nSPS) is 20.2. The van der Waals surface area contributed by atoms with E-state index in [9.17, 15) is 9.59 Å². The van der Waals surface area contributed by atoms with Crippen LogP contribution in [-0.2, 0) is 0 Å². The number of benzene rings is 2. The molecule has 2 aliphatic heterocycles. The van der Waals surface area contributed by atoms with Gasteiger partial charge in [0.1, 0.15) is 6.33 Å². The maximum atomic E-state index is 13.2. The van der Waals surface area contributed by atoms with E-state index in [0.29, 0.717) is 36.6 Å². The lowest BCUT2D eigenvalue weighted by molar-refractivity contribution is 0.0506. The van der Waals surface area contributed by atoms with E-state index in [4.69, 9.17) is 0 Å². The van der Waals surface area contributed by atoms with E-state index in [0.717, 1.165) is 28.7 Å². The second-order valence-corrected chi connectivity index (χ2v) is 9.94. The highest BCUT2D eigenvalue weighted by atomic mass is 32.1. The summed E-state index contributed by atoms with van der Waals surface area (Å²) in [6, 6.07) is 15.6. The summed E-state index contributed by atoms with van der Waals surface area (Å²) in [6.07, 6.45) is 3.91. The molecule has 2 aliphatic rings. The van der Waals surface area contributed by atoms with E-state index < -0.39 is 5.54 Å². The number of amides is 1. The van der Waals surface area contributed by atoms with Crippen molar-refractivity contribution in [2.24, 2.45) is 0 Å². The zero-order chi connectivity index (χ0) is 23.8. The maximum Gasteiger partial charge on any atom is 0.254 e. The largest absolute Gasteiger partial charge is 0.335 e. The fourth-order valence-corrected chi connectivity index (χ4v) is 5.61. The molecule has 2 aromatic heterocycles. The summed E-state index contributed by atoms with van der Waals surface area (Å²) in [5, 5.41) is 10.1. The predicted molar refractivity (Wildman–Crippen MR) is 134 cm³/mol. The molecule has 0 unspecified atom stereocenters. The number of carbonyl (C=O) groups is 2. The van der Waals surface area contributed by atoms with Crippen molar-refractivity contribution >= 4 is 33.9 Å². The Morgan fingerprint density at radius 2 is 1.94 bits per heavy atom. The van der Waals surface area contributed by atoms with Gasteiger partial charge < -0.3 is 10.2 Å². The van der Waals surface area contributed by atoms with Gasteiger partial charge in [-0.05, 0) is 31.2 Å². The van der Waals surface area contributed by atoms with Gasteiger partial charge in [-0.25, -0.2) is 15.0 Å². The number of aromatic nitrogens is 3. The summed E-state index contributed by atoms with van der Waals surface area (Å²) in [7, 11) is 0. The Morgan fingerprint density at radius 1 is 1.09 bits per heavy atom. The van der Waals surface area contributed by atoms with Crippen LogP contribution in [0.4, 0.5) is 0 Å². The SMILES string of the molecule is O=C(c1ccc2c(-c3ccccc3)ncnc2c1)N1CC(N[C@@]2(C(=O)c3nccs3)CCNC2)C1. The number of nitrogens with one attached hydrogen (secondary N) is 2. The van der Waals surface area contributed by atoms with Crippen LogP contribution in [0.25, 0.3) is 22.2 Å². The van der Waals surface area contributed by atoms with Gasteiger partial charge >= 0.3 is 0 Å². The lowest BCUT2D eigenvalue weighted by Gasteiger charge is -2.44. The van der Waals surface area contributed by atoms with Crippen LogP contribution >= 0.6 is 11.3 Å². The Labute approximate surface area is 206 Å². The zero-order valence-corrected chi connectivity index (χ0v) is 19.8. The Bertz CT molecular complexity index is 1380. The van der Waals surface area contributed by atoms with Crippen LogP contribution in [0, 0.1) is 0 Å². The van der Waals surface area contributed by atoms with Crippen molar-refractivity contribution < 1.29 is 9.59 Å². The molecule has 2 aromatic carbocycles. The van der Waals surface area contributed by atoms with Crippen molar-refractivity contribution in [3.05, 3.63) is 77.0 Å². The van der Waals surface area contributed by atoms with Crippen molar-refractivity contribution in [1.29, 1.82) is 0 Å². The van der Waals surface area contributed by atoms with E-state index in [2.05, 4.69) is 25.6 Å². The van der Waals surface area contributed by atoms with Crippen LogP contribution in [-0.4, -0.2) is 69.3 Å². The first-order chi connectivity index (χ1) is 17.1. The van der Waals surface area contributed by atoms with Gasteiger partial charge in [0.2, 0.25) is 5.78 Å². The summed E-state index contributed by atoms with van der Waals surface area (Å²) in [6.45, 7) is 2.47. The molecule has 1 atom stereocenters. The first-order valence-corrected chi connectivity index (χ1v) is 12.5. The summed E-state index contributed by atoms with van der Waals surface area (Å²) < 4.78 is 0. The quantitative estimate of drug-likeness (QED) is 0.406. The molecule has 4 heterocycles. The van der Waals surface area contributed by atoms with Gasteiger partial charge in [0, 0.05) is 53.8 Å². The molecular formula is C26H24N6O2S. The third-order valence-corrected chi connectivity index (χ3v) is 7.57. The monoisotopic (exact) mass is 484 g/mol. The number of hydrogen-bond donors (Lipinski definition) is 2. The van der Waals surface area contributed by atoms with Crippen LogP contribution < -0.4 is 10.6 Å². The van der Waals surface area contributed by atoms with E-state index in [1.54, 1.807) is 6.20 Å². The number of ketones is 1. The fourth-order valence-electron chi connectivity index (χ4n) is 4.94. The molecular weight excluding hydrogens is 460 g/mol. The van der Waals surface area contributed by atoms with Crippen LogP contribution in [0.1, 0.15) is 26.6 Å². The van der Waals surface area contributed by atoms with Crippen molar-refractivity contribution in [3.8, 4) is 11.3 Å². The van der Waals surface area contributed by atoms with Gasteiger partial charge in [-0.2, -0.15) is 0 Å². The van der Waals surface area contributed by atoms with Crippen LogP contribution in [0.2, 0.25) is 0 Å². The molecule has 1 amide bonds. The number of thiazole rings is 1. The Morgan fingerprint density at radius 3 is 2.69 bits per heavy atom. The third kappa shape index (κ3) is 4.01. The molecule has 8 nitrogen and oxygen atoms in total. The maximum absolute atomic E-state index is 13.2. The minimum absolute atomic E-state index is 0.0327. The standard InChI is InChI=1S/C26H24N6O2S/c33-23(24-28-10-11-35-24)26(8-9-27-15-26)31-19-13-32(14-19)25(34)18-6-7-20-21(12-18)29-16-30-22(20)17-4-2-1-3-5-17/h1-7,10-12,16,19,27,31H,8-9,13-15H2/t26-/m0/s1. The van der Waals surface area contributed by atoms with Gasteiger partial charge in [0.05, 0.1) is 16.7 Å². The molecule has 0 radical (unpaired) electrons. The lowest BCUT2D eigenvalue weighted by atomic mass is 9.90. The zero-order valence-electron chi connectivity index (χ0n) is 19.0. The minimum atomic E-state index is -0.661. The van der Waals surface area contributed by atoms with Gasteiger partial charge in [0.15, 0.2) is 5.01 Å². The van der Waals surface area contributed by atoms with Crippen molar-refractivity contribution in [2.45, 2.75) is 18.0 Å². The van der Waals surface area contributed by atoms with E-state index in [1.807, 2.05) is 58.8 Å². The molecule has 176 valence electrons. The number of Topliss-reactive ketones (excluding diaryl/α,β-unsaturated/α-hetero) is 1. The van der Waals surface area contributed by atoms with E-state index in [1.165, 1.54) is 17.7 Å². The van der Waals surface area contributed by atoms with Crippen molar-refractivity contribution in [1.82, 2.24) is 30.5 Å². The molecule has 0 spiro atoms. The highest BCUT2D eigenvalue weighted by Gasteiger charge is 2.46. The van der Waals surface area contributed by atoms with Crippen LogP contribution in [0.5, 0.6) is 0 Å². The summed E-state index contributed by atoms with van der Waals surface area (Å²) in [5.74, 6) is 0.000352. The molecule has 2 saturated heterocycles. The van der Waals surface area contributed by atoms with Gasteiger partial charge in [-0.1, -0.05) is 30.3 Å². The topological polar surface area (TPSA) is 100 Å². The first kappa shape index (κ1) is 22.0. The van der Waals surface area contributed by atoms with E-state index >= 15 is 0 Å². The number of nitrogens with zero attached hydrogens (tertiary/aromatic N) is 4. The Hall–Kier alpha value is -3.53. The van der Waals surface area contributed by atoms with E-state index in [-0.39, 0.29) is 17.7 Å². The van der Waals surface area contributed by atoms with Gasteiger partial charge in [-0.3, -0.25) is 14.9 Å². The third-order valence-electron chi connectivity index (χ3n) is 6.80. The average molecular weight is 485 g/mol. The summed E-state index contributed by atoms with van der Waals surface area (Å²) in [5.41, 5.74) is 2.54. The van der Waals surface area contributed by atoms with Crippen molar-refractivity contribution in [2.75, 3.05) is 26.2 Å². The molecule has 9 heteroatoms. The molecule has 0 aliphatic carbocycles. The average Bonchev–Trinajstić information content (AvgIpc) is 3.58. The fraction of sp³-hybridized carbons (Fsp3) is 0.269. The number of likely N-dealkylation sites (tertiary alicyclic amines) is 1. The molecule has 6 rings (SSSR count). The molecule has 2 fully saturated rings. The first-order valence-electron chi connectivity index (χ1n) is 11.7. The van der Waals surface area contributed by atoms with Crippen LogP contribution in [0.15, 0.2) is 66.4 Å². The second kappa shape index (κ2) is 8.92. The lowest BCUT2D eigenvalue weighted by Crippen LogP contribution is -2.67. The number of fused-ring (bicyclic) bond motifs is 1. The summed E-state index contributed by atoms with van der Waals surface area (Å²) in [4.78, 5) is 41.2. The van der Waals surface area contributed by atoms with Crippen molar-refractivity contribution in [3.63, 3.8) is 0 Å². The van der Waals surface area contributed by atoms with Gasteiger partial charge in [-0.15, -0.1) is 11.3 Å². The smallest absolute Gasteiger partial charge is 0.254 e. The Balaban J connectivity index is 1.16. The highest BCUT2D eigenvalue weighted by Crippen LogP contribution is 2.28. The van der Waals surface area contributed by atoms with Crippen LogP contribution in [0.3, 0.4) is 0 Å². The molecule has 0 saturated carbocycles. The number of carbonyl (C=O) groups excluding carboxylic acids is 2. The molecule has 4 aromatic rings. The molecule has 0 bridgehead atoms. The second-order valence-electron chi connectivity index (χ2n) is 9.05. The highest BCUT2D eigenvalue weighted by molar-refractivity contribution is 7.11. The Kier molecular flexibility index (Phi) is 5.60. The summed E-state index contributed by atoms with van der Waals surface area (Å²) >= 11 is 1.37. The number of rotatable bonds is 6. The minimum Gasteiger partial charge on any atom is -0.335 e. The van der Waals surface area contributed by atoms with Gasteiger partial charge in [0.25, 0.3) is 5.91 Å².